The number of halogens is 1. The lowest BCUT2D eigenvalue weighted by atomic mass is 9.78. The first-order valence-corrected chi connectivity index (χ1v) is 8.50. The van der Waals surface area contributed by atoms with Gasteiger partial charge in [0.25, 0.3) is 0 Å². The summed E-state index contributed by atoms with van der Waals surface area (Å²) in [7, 11) is 0. The van der Waals surface area contributed by atoms with Crippen molar-refractivity contribution in [3.8, 4) is 0 Å². The maximum Gasteiger partial charge on any atom is 0.0771 e. The van der Waals surface area contributed by atoms with Gasteiger partial charge in [0.05, 0.1) is 5.60 Å². The van der Waals surface area contributed by atoms with Crippen LogP contribution in [0.2, 0.25) is 0 Å². The average molecular weight is 332 g/mol. The monoisotopic (exact) mass is 331 g/mol. The minimum absolute atomic E-state index is 0.478. The molecule has 0 amide bonds. The van der Waals surface area contributed by atoms with Gasteiger partial charge in [0.15, 0.2) is 0 Å². The molecule has 0 atom stereocenters. The van der Waals surface area contributed by atoms with Gasteiger partial charge in [0.2, 0.25) is 0 Å². The van der Waals surface area contributed by atoms with Gasteiger partial charge in [-0.2, -0.15) is 11.3 Å². The van der Waals surface area contributed by atoms with Crippen LogP contribution in [0.3, 0.4) is 0 Å². The maximum absolute atomic E-state index is 10.5. The minimum atomic E-state index is -0.478. The lowest BCUT2D eigenvalue weighted by Crippen LogP contribution is -2.43. The molecule has 102 valence electrons. The molecule has 1 aromatic heterocycles. The predicted octanol–water partition coefficient (Wildman–Crippen LogP) is 3.93. The summed E-state index contributed by atoms with van der Waals surface area (Å²) in [5.41, 5.74) is 0.805. The zero-order valence-corrected chi connectivity index (χ0v) is 13.3. The van der Waals surface area contributed by atoms with Crippen molar-refractivity contribution in [2.75, 3.05) is 6.54 Å². The third kappa shape index (κ3) is 3.80. The van der Waals surface area contributed by atoms with E-state index in [1.165, 1.54) is 29.3 Å². The summed E-state index contributed by atoms with van der Waals surface area (Å²) in [6, 6.07) is 0. The summed E-state index contributed by atoms with van der Waals surface area (Å²) in [5, 5.41) is 18.2. The molecule has 0 spiro atoms. The van der Waals surface area contributed by atoms with E-state index in [1.54, 1.807) is 11.3 Å². The van der Waals surface area contributed by atoms with E-state index < -0.39 is 5.60 Å². The Kier molecular flexibility index (Phi) is 5.24. The first-order valence-electron chi connectivity index (χ1n) is 6.76. The molecule has 0 aliphatic heterocycles. The zero-order valence-electron chi connectivity index (χ0n) is 10.9. The van der Waals surface area contributed by atoms with Crippen molar-refractivity contribution >= 4 is 27.3 Å². The molecular formula is C14H22BrNOS. The van der Waals surface area contributed by atoms with E-state index >= 15 is 0 Å². The van der Waals surface area contributed by atoms with E-state index in [1.807, 2.05) is 0 Å². The molecule has 1 aliphatic carbocycles. The highest BCUT2D eigenvalue weighted by atomic mass is 79.9. The van der Waals surface area contributed by atoms with Crippen molar-refractivity contribution in [2.45, 2.75) is 51.2 Å². The SMILES string of the molecule is CCC1CCC(O)(CNCc2cscc2Br)CC1. The molecule has 4 heteroatoms. The smallest absolute Gasteiger partial charge is 0.0771 e. The fourth-order valence-corrected chi connectivity index (χ4v) is 4.11. The minimum Gasteiger partial charge on any atom is -0.389 e. The third-order valence-corrected chi connectivity index (χ3v) is 5.90. The second-order valence-electron chi connectivity index (χ2n) is 5.42. The molecule has 18 heavy (non-hydrogen) atoms. The van der Waals surface area contributed by atoms with Crippen molar-refractivity contribution in [3.63, 3.8) is 0 Å². The molecule has 2 rings (SSSR count). The van der Waals surface area contributed by atoms with Gasteiger partial charge < -0.3 is 10.4 Å². The maximum atomic E-state index is 10.5. The molecule has 0 radical (unpaired) electrons. The van der Waals surface area contributed by atoms with Crippen molar-refractivity contribution in [1.82, 2.24) is 5.32 Å². The van der Waals surface area contributed by atoms with Gasteiger partial charge in [0, 0.05) is 22.9 Å². The summed E-state index contributed by atoms with van der Waals surface area (Å²) in [5.74, 6) is 0.830. The van der Waals surface area contributed by atoms with Crippen LogP contribution in [0.25, 0.3) is 0 Å². The number of hydrogen-bond acceptors (Lipinski definition) is 3. The molecule has 1 saturated carbocycles. The van der Waals surface area contributed by atoms with E-state index in [-0.39, 0.29) is 0 Å². The predicted molar refractivity (Wildman–Crippen MR) is 80.9 cm³/mol. The van der Waals surface area contributed by atoms with Gasteiger partial charge in [-0.3, -0.25) is 0 Å². The topological polar surface area (TPSA) is 32.3 Å². The van der Waals surface area contributed by atoms with Crippen molar-refractivity contribution in [2.24, 2.45) is 5.92 Å². The van der Waals surface area contributed by atoms with Crippen LogP contribution in [-0.2, 0) is 6.54 Å². The van der Waals surface area contributed by atoms with Crippen LogP contribution in [0.1, 0.15) is 44.6 Å². The van der Waals surface area contributed by atoms with Crippen LogP contribution in [0.4, 0.5) is 0 Å². The Hall–Kier alpha value is 0.100. The average Bonchev–Trinajstić information content (AvgIpc) is 2.76. The lowest BCUT2D eigenvalue weighted by Gasteiger charge is -2.36. The lowest BCUT2D eigenvalue weighted by molar-refractivity contribution is -0.00881. The number of hydrogen-bond donors (Lipinski definition) is 2. The second-order valence-corrected chi connectivity index (χ2v) is 7.02. The summed E-state index contributed by atoms with van der Waals surface area (Å²) in [6.45, 7) is 3.80. The Balaban J connectivity index is 1.75. The van der Waals surface area contributed by atoms with Gasteiger partial charge in [-0.15, -0.1) is 0 Å². The Morgan fingerprint density at radius 3 is 2.72 bits per heavy atom. The number of rotatable bonds is 5. The molecule has 1 aliphatic rings. The zero-order chi connectivity index (χ0) is 13.0. The van der Waals surface area contributed by atoms with E-state index in [4.69, 9.17) is 0 Å². The molecule has 1 aromatic rings. The van der Waals surface area contributed by atoms with Crippen LogP contribution in [0.15, 0.2) is 15.2 Å². The number of aliphatic hydroxyl groups is 1. The van der Waals surface area contributed by atoms with E-state index in [2.05, 4.69) is 38.9 Å². The van der Waals surface area contributed by atoms with Gasteiger partial charge in [-0.1, -0.05) is 13.3 Å². The van der Waals surface area contributed by atoms with E-state index in [0.717, 1.165) is 25.3 Å². The highest BCUT2D eigenvalue weighted by Crippen LogP contribution is 2.33. The third-order valence-electron chi connectivity index (χ3n) is 4.07. The standard InChI is InChI=1S/C14H22BrNOS/c1-2-11-3-5-14(17,6-4-11)10-16-7-12-8-18-9-13(12)15/h8-9,11,16-17H,2-7,10H2,1H3. The largest absolute Gasteiger partial charge is 0.389 e. The van der Waals surface area contributed by atoms with Crippen LogP contribution >= 0.6 is 27.3 Å². The fourth-order valence-electron chi connectivity index (χ4n) is 2.66. The van der Waals surface area contributed by atoms with Crippen molar-refractivity contribution < 1.29 is 5.11 Å². The molecule has 2 nitrogen and oxygen atoms in total. The normalized spacial score (nSPS) is 28.5. The van der Waals surface area contributed by atoms with Crippen LogP contribution in [0.5, 0.6) is 0 Å². The van der Waals surface area contributed by atoms with Gasteiger partial charge in [-0.25, -0.2) is 0 Å². The summed E-state index contributed by atoms with van der Waals surface area (Å²) < 4.78 is 1.17. The summed E-state index contributed by atoms with van der Waals surface area (Å²) >= 11 is 5.24. The fraction of sp³-hybridized carbons (Fsp3) is 0.714. The first kappa shape index (κ1) is 14.5. The highest BCUT2D eigenvalue weighted by molar-refractivity contribution is 9.10. The van der Waals surface area contributed by atoms with E-state index in [9.17, 15) is 5.11 Å². The van der Waals surface area contributed by atoms with Crippen LogP contribution in [0, 0.1) is 5.92 Å². The molecular weight excluding hydrogens is 310 g/mol. The van der Waals surface area contributed by atoms with Crippen molar-refractivity contribution in [1.29, 1.82) is 0 Å². The molecule has 0 unspecified atom stereocenters. The van der Waals surface area contributed by atoms with Crippen LogP contribution < -0.4 is 5.32 Å². The number of nitrogens with one attached hydrogen (secondary N) is 1. The van der Waals surface area contributed by atoms with Gasteiger partial charge in [-0.05, 0) is 58.5 Å². The van der Waals surface area contributed by atoms with Crippen LogP contribution in [-0.4, -0.2) is 17.3 Å². The number of thiophene rings is 1. The quantitative estimate of drug-likeness (QED) is 0.856. The summed E-state index contributed by atoms with van der Waals surface area (Å²) in [4.78, 5) is 0. The molecule has 0 aromatic carbocycles. The Morgan fingerprint density at radius 2 is 2.17 bits per heavy atom. The molecule has 0 bridgehead atoms. The first-order chi connectivity index (χ1) is 8.63. The van der Waals surface area contributed by atoms with Crippen molar-refractivity contribution in [3.05, 3.63) is 20.8 Å². The Morgan fingerprint density at radius 1 is 1.44 bits per heavy atom. The molecule has 1 heterocycles. The van der Waals surface area contributed by atoms with E-state index in [0.29, 0.717) is 6.54 Å². The summed E-state index contributed by atoms with van der Waals surface area (Å²) in [6.07, 6.45) is 5.51. The molecule has 0 saturated heterocycles. The molecule has 1 fully saturated rings. The Labute approximate surface area is 122 Å². The second kappa shape index (κ2) is 6.51. The van der Waals surface area contributed by atoms with Gasteiger partial charge in [0.1, 0.15) is 0 Å². The molecule has 2 N–H and O–H groups in total. The van der Waals surface area contributed by atoms with Gasteiger partial charge >= 0.3 is 0 Å². The Bertz CT molecular complexity index is 372. The highest BCUT2D eigenvalue weighted by Gasteiger charge is 2.32.